The van der Waals surface area contributed by atoms with E-state index in [1.54, 1.807) is 0 Å². The van der Waals surface area contributed by atoms with Crippen LogP contribution in [0.1, 0.15) is 49.4 Å². The lowest BCUT2D eigenvalue weighted by Crippen LogP contribution is -2.08. The van der Waals surface area contributed by atoms with Crippen LogP contribution in [-0.4, -0.2) is 5.91 Å². The molecule has 1 aliphatic rings. The summed E-state index contributed by atoms with van der Waals surface area (Å²) in [5.74, 6) is 0.0329. The highest BCUT2D eigenvalue weighted by molar-refractivity contribution is 6.03. The van der Waals surface area contributed by atoms with Gasteiger partial charge in [-0.25, -0.2) is 0 Å². The summed E-state index contributed by atoms with van der Waals surface area (Å²) in [7, 11) is 0. The molecule has 0 saturated heterocycles. The van der Waals surface area contributed by atoms with Gasteiger partial charge < -0.3 is 11.1 Å². The van der Waals surface area contributed by atoms with Crippen molar-refractivity contribution >= 4 is 11.6 Å². The second-order valence-electron chi connectivity index (χ2n) is 4.50. The van der Waals surface area contributed by atoms with Crippen molar-refractivity contribution in [3.63, 3.8) is 0 Å². The first-order chi connectivity index (χ1) is 7.54. The van der Waals surface area contributed by atoms with Crippen molar-refractivity contribution in [1.29, 1.82) is 0 Å². The highest BCUT2D eigenvalue weighted by Crippen LogP contribution is 2.37. The maximum Gasteiger partial charge on any atom is 0.231 e. The summed E-state index contributed by atoms with van der Waals surface area (Å²) in [6, 6.07) is 4.17. The van der Waals surface area contributed by atoms with Crippen molar-refractivity contribution in [2.24, 2.45) is 5.73 Å². The topological polar surface area (TPSA) is 55.1 Å². The van der Waals surface area contributed by atoms with E-state index in [9.17, 15) is 4.79 Å². The summed E-state index contributed by atoms with van der Waals surface area (Å²) in [4.78, 5) is 11.6. The molecule has 0 fully saturated rings. The van der Waals surface area contributed by atoms with Crippen LogP contribution in [0, 0.1) is 0 Å². The van der Waals surface area contributed by atoms with Crippen LogP contribution in [0.15, 0.2) is 12.1 Å². The highest BCUT2D eigenvalue weighted by atomic mass is 16.2. The third-order valence-electron chi connectivity index (χ3n) is 3.29. The van der Waals surface area contributed by atoms with Crippen molar-refractivity contribution in [2.75, 3.05) is 5.32 Å². The molecule has 0 bridgehead atoms. The molecule has 0 aliphatic carbocycles. The van der Waals surface area contributed by atoms with E-state index >= 15 is 0 Å². The van der Waals surface area contributed by atoms with Crippen molar-refractivity contribution < 1.29 is 4.79 Å². The van der Waals surface area contributed by atoms with Crippen LogP contribution in [-0.2, 0) is 11.2 Å². The van der Waals surface area contributed by atoms with Gasteiger partial charge in [-0.3, -0.25) is 4.79 Å². The lowest BCUT2D eigenvalue weighted by molar-refractivity contribution is -0.116. The summed E-state index contributed by atoms with van der Waals surface area (Å²) in [5.41, 5.74) is 10.3. The molecule has 1 aliphatic heterocycles. The standard InChI is InChI=1S/C13H18N2O/c1-4-9-5-10(8(3)14)6-11-7(2)13(16)15-12(9)11/h5-8H,4,14H2,1-3H3,(H,15,16). The molecule has 2 rings (SSSR count). The molecular weight excluding hydrogens is 200 g/mol. The zero-order chi connectivity index (χ0) is 11.9. The Morgan fingerprint density at radius 1 is 1.50 bits per heavy atom. The fraction of sp³-hybridized carbons (Fsp3) is 0.462. The molecule has 0 saturated carbocycles. The largest absolute Gasteiger partial charge is 0.325 e. The number of benzene rings is 1. The second-order valence-corrected chi connectivity index (χ2v) is 4.50. The summed E-state index contributed by atoms with van der Waals surface area (Å²) in [6.07, 6.45) is 0.913. The lowest BCUT2D eigenvalue weighted by atomic mass is 9.94. The third-order valence-corrected chi connectivity index (χ3v) is 3.29. The predicted octanol–water partition coefficient (Wildman–Crippen LogP) is 2.32. The quantitative estimate of drug-likeness (QED) is 0.800. The number of amides is 1. The normalized spacial score (nSPS) is 20.5. The highest BCUT2D eigenvalue weighted by Gasteiger charge is 2.28. The van der Waals surface area contributed by atoms with Crippen LogP contribution in [0.25, 0.3) is 0 Å². The summed E-state index contributed by atoms with van der Waals surface area (Å²) >= 11 is 0. The van der Waals surface area contributed by atoms with Crippen LogP contribution < -0.4 is 11.1 Å². The SMILES string of the molecule is CCc1cc(C(C)N)cc2c1NC(=O)C2C. The minimum absolute atomic E-state index is 0.0125. The maximum absolute atomic E-state index is 11.6. The minimum Gasteiger partial charge on any atom is -0.325 e. The van der Waals surface area contributed by atoms with Crippen molar-refractivity contribution in [3.8, 4) is 0 Å². The number of aryl methyl sites for hydroxylation is 1. The number of anilines is 1. The Morgan fingerprint density at radius 2 is 2.19 bits per heavy atom. The Labute approximate surface area is 96.0 Å². The fourth-order valence-electron chi connectivity index (χ4n) is 2.16. The zero-order valence-corrected chi connectivity index (χ0v) is 10.0. The second kappa shape index (κ2) is 3.91. The number of nitrogens with one attached hydrogen (secondary N) is 1. The first kappa shape index (κ1) is 11.1. The number of carbonyl (C=O) groups is 1. The van der Waals surface area contributed by atoms with Crippen molar-refractivity contribution in [2.45, 2.75) is 39.2 Å². The summed E-state index contributed by atoms with van der Waals surface area (Å²) < 4.78 is 0. The Morgan fingerprint density at radius 3 is 2.75 bits per heavy atom. The van der Waals surface area contributed by atoms with E-state index in [1.165, 1.54) is 5.56 Å². The van der Waals surface area contributed by atoms with Gasteiger partial charge in [0.2, 0.25) is 5.91 Å². The first-order valence-corrected chi connectivity index (χ1v) is 5.77. The van der Waals surface area contributed by atoms with E-state index in [-0.39, 0.29) is 17.9 Å². The average molecular weight is 218 g/mol. The van der Waals surface area contributed by atoms with Gasteiger partial charge in [-0.15, -0.1) is 0 Å². The Bertz CT molecular complexity index is 438. The molecule has 3 heteroatoms. The third kappa shape index (κ3) is 1.61. The predicted molar refractivity (Wildman–Crippen MR) is 65.5 cm³/mol. The summed E-state index contributed by atoms with van der Waals surface area (Å²) in [5, 5.41) is 2.95. The van der Waals surface area contributed by atoms with Gasteiger partial charge in [0, 0.05) is 11.7 Å². The molecular formula is C13H18N2O. The number of hydrogen-bond acceptors (Lipinski definition) is 2. The number of nitrogens with two attached hydrogens (primary N) is 1. The molecule has 2 unspecified atom stereocenters. The molecule has 1 heterocycles. The molecule has 16 heavy (non-hydrogen) atoms. The number of carbonyl (C=O) groups excluding carboxylic acids is 1. The van der Waals surface area contributed by atoms with E-state index < -0.39 is 0 Å². The smallest absolute Gasteiger partial charge is 0.231 e. The van der Waals surface area contributed by atoms with Crippen LogP contribution in [0.2, 0.25) is 0 Å². The maximum atomic E-state index is 11.6. The number of rotatable bonds is 2. The molecule has 0 spiro atoms. The molecule has 3 nitrogen and oxygen atoms in total. The zero-order valence-electron chi connectivity index (χ0n) is 10.0. The average Bonchev–Trinajstić information content (AvgIpc) is 2.54. The monoisotopic (exact) mass is 218 g/mol. The van der Waals surface area contributed by atoms with Crippen LogP contribution >= 0.6 is 0 Å². The molecule has 1 aromatic rings. The van der Waals surface area contributed by atoms with Crippen molar-refractivity contribution in [1.82, 2.24) is 0 Å². The van der Waals surface area contributed by atoms with Crippen LogP contribution in [0.5, 0.6) is 0 Å². The number of fused-ring (bicyclic) bond motifs is 1. The van der Waals surface area contributed by atoms with Gasteiger partial charge in [-0.2, -0.15) is 0 Å². The Hall–Kier alpha value is -1.35. The number of hydrogen-bond donors (Lipinski definition) is 2. The Kier molecular flexibility index (Phi) is 2.72. The van der Waals surface area contributed by atoms with Gasteiger partial charge in [0.15, 0.2) is 0 Å². The van der Waals surface area contributed by atoms with E-state index in [0.717, 1.165) is 23.2 Å². The molecule has 86 valence electrons. The van der Waals surface area contributed by atoms with E-state index in [4.69, 9.17) is 5.73 Å². The minimum atomic E-state index is -0.0565. The van der Waals surface area contributed by atoms with Gasteiger partial charge in [-0.05, 0) is 37.0 Å². The van der Waals surface area contributed by atoms with Gasteiger partial charge >= 0.3 is 0 Å². The molecule has 0 aromatic heterocycles. The van der Waals surface area contributed by atoms with Gasteiger partial charge in [0.05, 0.1) is 5.92 Å². The molecule has 3 N–H and O–H groups in total. The molecule has 1 amide bonds. The molecule has 1 aromatic carbocycles. The van der Waals surface area contributed by atoms with Gasteiger partial charge in [0.1, 0.15) is 0 Å². The Balaban J connectivity index is 2.58. The first-order valence-electron chi connectivity index (χ1n) is 5.77. The van der Waals surface area contributed by atoms with Crippen LogP contribution in [0.3, 0.4) is 0 Å². The van der Waals surface area contributed by atoms with Gasteiger partial charge in [-0.1, -0.05) is 19.1 Å². The van der Waals surface area contributed by atoms with E-state index in [1.807, 2.05) is 13.8 Å². The summed E-state index contributed by atoms with van der Waals surface area (Å²) in [6.45, 7) is 6.00. The molecule has 2 atom stereocenters. The van der Waals surface area contributed by atoms with E-state index in [0.29, 0.717) is 0 Å². The lowest BCUT2D eigenvalue weighted by Gasteiger charge is -2.13. The van der Waals surface area contributed by atoms with Crippen molar-refractivity contribution in [3.05, 3.63) is 28.8 Å². The van der Waals surface area contributed by atoms with Gasteiger partial charge in [0.25, 0.3) is 0 Å². The van der Waals surface area contributed by atoms with Crippen LogP contribution in [0.4, 0.5) is 5.69 Å². The van der Waals surface area contributed by atoms with E-state index in [2.05, 4.69) is 24.4 Å². The fourth-order valence-corrected chi connectivity index (χ4v) is 2.16. The molecule has 0 radical (unpaired) electrons.